The van der Waals surface area contributed by atoms with Gasteiger partial charge >= 0.3 is 6.03 Å². The zero-order valence-electron chi connectivity index (χ0n) is 17.1. The van der Waals surface area contributed by atoms with Gasteiger partial charge in [-0.25, -0.2) is 4.79 Å². The maximum Gasteiger partial charge on any atom is 0.315 e. The third-order valence-electron chi connectivity index (χ3n) is 4.49. The molecular weight excluding hydrogens is 405 g/mol. The number of pyridine rings is 1. The molecule has 4 nitrogen and oxygen atoms in total. The zero-order valence-corrected chi connectivity index (χ0v) is 18.6. The molecule has 2 N–H and O–H groups in total. The first kappa shape index (κ1) is 23.0. The first-order valence-corrected chi connectivity index (χ1v) is 10.1. The van der Waals surface area contributed by atoms with Gasteiger partial charge in [-0.15, -0.1) is 0 Å². The van der Waals surface area contributed by atoms with Crippen molar-refractivity contribution in [2.75, 3.05) is 6.54 Å². The Morgan fingerprint density at radius 3 is 2.45 bits per heavy atom. The smallest absolute Gasteiger partial charge is 0.315 e. The molecule has 0 saturated carbocycles. The predicted molar refractivity (Wildman–Crippen MR) is 122 cm³/mol. The van der Waals surface area contributed by atoms with E-state index in [2.05, 4.69) is 49.5 Å². The Morgan fingerprint density at radius 2 is 1.79 bits per heavy atom. The Bertz CT molecular complexity index is 917. The molecular formula is C23H27Cl2N3O. The third kappa shape index (κ3) is 6.91. The van der Waals surface area contributed by atoms with Crippen LogP contribution >= 0.6 is 23.2 Å². The predicted octanol–water partition coefficient (Wildman–Crippen LogP) is 6.05. The lowest BCUT2D eigenvalue weighted by Crippen LogP contribution is -2.36. The van der Waals surface area contributed by atoms with Crippen LogP contribution in [0.3, 0.4) is 0 Å². The van der Waals surface area contributed by atoms with Gasteiger partial charge in [0.1, 0.15) is 0 Å². The number of nitrogens with zero attached hydrogens (tertiary/aromatic N) is 1. The van der Waals surface area contributed by atoms with Gasteiger partial charge < -0.3 is 10.6 Å². The quantitative estimate of drug-likeness (QED) is 0.524. The molecule has 0 aliphatic heterocycles. The Labute approximate surface area is 183 Å². The summed E-state index contributed by atoms with van der Waals surface area (Å²) in [7, 11) is 0. The topological polar surface area (TPSA) is 54.0 Å². The Balaban J connectivity index is 1.84. The molecule has 154 valence electrons. The van der Waals surface area contributed by atoms with Gasteiger partial charge in [0.2, 0.25) is 0 Å². The number of aromatic nitrogens is 1. The van der Waals surface area contributed by atoms with Gasteiger partial charge in [-0.05, 0) is 46.4 Å². The van der Waals surface area contributed by atoms with E-state index in [1.165, 1.54) is 0 Å². The molecule has 2 rings (SSSR count). The summed E-state index contributed by atoms with van der Waals surface area (Å²) in [5.74, 6) is 0. The number of benzene rings is 1. The molecule has 0 radical (unpaired) electrons. The molecule has 1 aromatic carbocycles. The highest BCUT2D eigenvalue weighted by Crippen LogP contribution is 2.33. The van der Waals surface area contributed by atoms with E-state index in [-0.39, 0.29) is 11.4 Å². The highest BCUT2D eigenvalue weighted by atomic mass is 35.5. The molecule has 6 heteroatoms. The fourth-order valence-corrected chi connectivity index (χ4v) is 2.91. The highest BCUT2D eigenvalue weighted by molar-refractivity contribution is 6.42. The lowest BCUT2D eigenvalue weighted by atomic mass is 9.82. The number of carbonyl (C=O) groups is 1. The number of halogens is 2. The summed E-state index contributed by atoms with van der Waals surface area (Å²) >= 11 is 11.9. The van der Waals surface area contributed by atoms with Crippen molar-refractivity contribution in [3.8, 4) is 0 Å². The Hall–Kier alpha value is -2.30. The average molecular weight is 432 g/mol. The number of allylic oxidation sites excluding steroid dienone is 2. The Kier molecular flexibility index (Phi) is 7.88. The standard InChI is InChI=1S/C23H27Cl2N3O/c1-15(16(2)23(3,4)5)21-8-6-7-18(28-21)11-12-26-22(29)27-14-17-9-10-19(24)20(25)13-17/h6-10,13H,1-2,11-12,14H2,3-5H3,(H2,26,27,29). The number of amides is 2. The number of rotatable bonds is 7. The molecule has 0 aliphatic rings. The molecule has 1 heterocycles. The Morgan fingerprint density at radius 1 is 1.07 bits per heavy atom. The second-order valence-corrected chi connectivity index (χ2v) is 8.64. The minimum Gasteiger partial charge on any atom is -0.338 e. The number of urea groups is 1. The van der Waals surface area contributed by atoms with Gasteiger partial charge in [0.05, 0.1) is 15.7 Å². The van der Waals surface area contributed by atoms with Crippen LogP contribution in [0.25, 0.3) is 5.57 Å². The number of hydrogen-bond donors (Lipinski definition) is 2. The minimum absolute atomic E-state index is 0.0667. The van der Waals surface area contributed by atoms with E-state index in [9.17, 15) is 4.79 Å². The van der Waals surface area contributed by atoms with Crippen LogP contribution < -0.4 is 10.6 Å². The van der Waals surface area contributed by atoms with Crippen LogP contribution in [0.15, 0.2) is 55.1 Å². The van der Waals surface area contributed by atoms with Crippen LogP contribution in [0, 0.1) is 5.41 Å². The summed E-state index contributed by atoms with van der Waals surface area (Å²) in [5, 5.41) is 6.58. The number of hydrogen-bond acceptors (Lipinski definition) is 2. The van der Waals surface area contributed by atoms with E-state index in [0.717, 1.165) is 28.1 Å². The van der Waals surface area contributed by atoms with Gasteiger partial charge in [-0.1, -0.05) is 69.3 Å². The van der Waals surface area contributed by atoms with Crippen LogP contribution in [0.2, 0.25) is 10.0 Å². The van der Waals surface area contributed by atoms with E-state index in [1.807, 2.05) is 24.3 Å². The molecule has 0 unspecified atom stereocenters. The van der Waals surface area contributed by atoms with Crippen LogP contribution in [-0.2, 0) is 13.0 Å². The maximum absolute atomic E-state index is 12.0. The SMILES string of the molecule is C=C(C(=C)C(C)(C)C)c1cccc(CCNC(=O)NCc2ccc(Cl)c(Cl)c2)n1. The second-order valence-electron chi connectivity index (χ2n) is 7.83. The van der Waals surface area contributed by atoms with Crippen LogP contribution in [0.1, 0.15) is 37.7 Å². The summed E-state index contributed by atoms with van der Waals surface area (Å²) < 4.78 is 0. The lowest BCUT2D eigenvalue weighted by Gasteiger charge is -2.23. The molecule has 2 amide bonds. The first-order chi connectivity index (χ1) is 13.6. The van der Waals surface area contributed by atoms with Crippen molar-refractivity contribution in [1.82, 2.24) is 15.6 Å². The van der Waals surface area contributed by atoms with E-state index < -0.39 is 0 Å². The van der Waals surface area contributed by atoms with Crippen LogP contribution in [0.5, 0.6) is 0 Å². The molecule has 29 heavy (non-hydrogen) atoms. The van der Waals surface area contributed by atoms with Crippen LogP contribution in [0.4, 0.5) is 4.79 Å². The summed E-state index contributed by atoms with van der Waals surface area (Å²) in [5.41, 5.74) is 4.31. The van der Waals surface area contributed by atoms with E-state index in [0.29, 0.717) is 29.6 Å². The minimum atomic E-state index is -0.252. The maximum atomic E-state index is 12.0. The van der Waals surface area contributed by atoms with Gasteiger partial charge in [0, 0.05) is 25.2 Å². The zero-order chi connectivity index (χ0) is 21.6. The van der Waals surface area contributed by atoms with Gasteiger partial charge in [0.25, 0.3) is 0 Å². The summed E-state index contributed by atoms with van der Waals surface area (Å²) in [6.45, 7) is 15.4. The van der Waals surface area contributed by atoms with Gasteiger partial charge in [0.15, 0.2) is 0 Å². The third-order valence-corrected chi connectivity index (χ3v) is 5.23. The average Bonchev–Trinajstić information content (AvgIpc) is 2.67. The molecule has 0 saturated heterocycles. The molecule has 2 aromatic rings. The molecule has 0 bridgehead atoms. The summed E-state index contributed by atoms with van der Waals surface area (Å²) in [6, 6.07) is 10.8. The fourth-order valence-electron chi connectivity index (χ4n) is 2.59. The number of carbonyl (C=O) groups excluding carboxylic acids is 1. The summed E-state index contributed by atoms with van der Waals surface area (Å²) in [6.07, 6.45) is 0.614. The van der Waals surface area contributed by atoms with Crippen molar-refractivity contribution in [3.05, 3.63) is 82.1 Å². The number of nitrogens with one attached hydrogen (secondary N) is 2. The van der Waals surface area contributed by atoms with Crippen molar-refractivity contribution in [2.45, 2.75) is 33.7 Å². The second kappa shape index (κ2) is 9.95. The molecule has 0 fully saturated rings. The monoisotopic (exact) mass is 431 g/mol. The highest BCUT2D eigenvalue weighted by Gasteiger charge is 2.19. The molecule has 0 aliphatic carbocycles. The van der Waals surface area contributed by atoms with Crippen molar-refractivity contribution >= 4 is 34.8 Å². The van der Waals surface area contributed by atoms with E-state index >= 15 is 0 Å². The van der Waals surface area contributed by atoms with Crippen LogP contribution in [-0.4, -0.2) is 17.6 Å². The van der Waals surface area contributed by atoms with Crippen molar-refractivity contribution in [1.29, 1.82) is 0 Å². The summed E-state index contributed by atoms with van der Waals surface area (Å²) in [4.78, 5) is 16.7. The van der Waals surface area contributed by atoms with E-state index in [4.69, 9.17) is 23.2 Å². The van der Waals surface area contributed by atoms with Crippen molar-refractivity contribution in [2.24, 2.45) is 5.41 Å². The fraction of sp³-hybridized carbons (Fsp3) is 0.304. The van der Waals surface area contributed by atoms with Crippen molar-refractivity contribution < 1.29 is 4.79 Å². The molecule has 0 atom stereocenters. The lowest BCUT2D eigenvalue weighted by molar-refractivity contribution is 0.240. The van der Waals surface area contributed by atoms with Gasteiger partial charge in [-0.2, -0.15) is 0 Å². The van der Waals surface area contributed by atoms with Gasteiger partial charge in [-0.3, -0.25) is 4.98 Å². The largest absolute Gasteiger partial charge is 0.338 e. The molecule has 0 spiro atoms. The van der Waals surface area contributed by atoms with Crippen molar-refractivity contribution in [3.63, 3.8) is 0 Å². The van der Waals surface area contributed by atoms with E-state index in [1.54, 1.807) is 12.1 Å². The normalized spacial score (nSPS) is 11.1. The first-order valence-electron chi connectivity index (χ1n) is 9.38. The molecule has 1 aromatic heterocycles.